The quantitative estimate of drug-likeness (QED) is 0.240. The van der Waals surface area contributed by atoms with Gasteiger partial charge in [0.1, 0.15) is 0 Å². The lowest BCUT2D eigenvalue weighted by Crippen LogP contribution is -2.11. The Morgan fingerprint density at radius 1 is 1.67 bits per heavy atom. The van der Waals surface area contributed by atoms with Crippen molar-refractivity contribution in [2.24, 2.45) is 0 Å². The number of allylic oxidation sites excluding steroid dienone is 2. The van der Waals surface area contributed by atoms with Crippen LogP contribution in [0.5, 0.6) is 0 Å². The third kappa shape index (κ3) is 1.32. The molecule has 0 aliphatic carbocycles. The van der Waals surface area contributed by atoms with E-state index in [0.717, 1.165) is 0 Å². The summed E-state index contributed by atoms with van der Waals surface area (Å²) in [7, 11) is 2.86. The van der Waals surface area contributed by atoms with Crippen LogP contribution in [0.2, 0.25) is 0 Å². The molecule has 3 nitrogen and oxygen atoms in total. The molecule has 1 aliphatic rings. The molecule has 0 unspecified atom stereocenters. The normalized spacial score (nSPS) is 19.0. The minimum absolute atomic E-state index is 0.102. The van der Waals surface area contributed by atoms with Crippen molar-refractivity contribution in [3.8, 4) is 0 Å². The van der Waals surface area contributed by atoms with Gasteiger partial charge in [0.15, 0.2) is 13.1 Å². The number of carbonyl (C=O) groups excluding carboxylic acids is 2. The van der Waals surface area contributed by atoms with E-state index >= 15 is 0 Å². The molecule has 1 radical (unpaired) electrons. The first-order valence-electron chi connectivity index (χ1n) is 3.55. The summed E-state index contributed by atoms with van der Waals surface area (Å²) in [5, 5.41) is 0. The number of Topliss-reactive ketones (excluding diaryl/α,β-unsaturated/α-hetero) is 1. The maximum absolute atomic E-state index is 11.3. The highest BCUT2D eigenvalue weighted by Gasteiger charge is 2.26. The number of ether oxygens (including phenoxy) is 1. The van der Waals surface area contributed by atoms with Crippen LogP contribution < -0.4 is 0 Å². The summed E-state index contributed by atoms with van der Waals surface area (Å²) in [4.78, 5) is 22.2. The van der Waals surface area contributed by atoms with Crippen molar-refractivity contribution >= 4 is 19.0 Å². The van der Waals surface area contributed by atoms with Crippen LogP contribution >= 0.6 is 0 Å². The van der Waals surface area contributed by atoms with Crippen molar-refractivity contribution in [3.05, 3.63) is 23.1 Å². The van der Waals surface area contributed by atoms with Crippen LogP contribution in [-0.2, 0) is 14.3 Å². The molecule has 0 aromatic carbocycles. The summed E-state index contributed by atoms with van der Waals surface area (Å²) in [6, 6.07) is 0. The Morgan fingerprint density at radius 3 is 2.75 bits per heavy atom. The summed E-state index contributed by atoms with van der Waals surface area (Å²) in [6.45, 7) is 1.75. The van der Waals surface area contributed by atoms with Gasteiger partial charge >= 0.3 is 5.97 Å². The molecule has 12 heavy (non-hydrogen) atoms. The molecule has 0 saturated carbocycles. The monoisotopic (exact) mass is 163 g/mol. The van der Waals surface area contributed by atoms with Gasteiger partial charge in [-0.3, -0.25) is 4.79 Å². The average Bonchev–Trinajstić information content (AvgIpc) is 2.45. The maximum Gasteiger partial charge on any atom is 0.340 e. The number of methoxy groups -OCH3 is 1. The van der Waals surface area contributed by atoms with Crippen LogP contribution in [0.15, 0.2) is 23.1 Å². The van der Waals surface area contributed by atoms with E-state index in [1.807, 2.05) is 0 Å². The Kier molecular flexibility index (Phi) is 2.48. The molecule has 1 rings (SSSR count). The minimum Gasteiger partial charge on any atom is -0.465 e. The molecule has 0 atom stereocenters. The molecule has 0 aromatic heterocycles. The van der Waals surface area contributed by atoms with Crippen molar-refractivity contribution in [3.63, 3.8) is 0 Å². The number of hydrogen-bond acceptors (Lipinski definition) is 3. The zero-order valence-corrected chi connectivity index (χ0v) is 6.96. The van der Waals surface area contributed by atoms with Crippen LogP contribution in [0, 0.1) is 0 Å². The SMILES string of the molecule is C/C=C1\[B]C=C(C(=O)OC)C1=O. The second-order valence-electron chi connectivity index (χ2n) is 2.31. The molecule has 0 N–H and O–H groups in total. The Morgan fingerprint density at radius 2 is 2.33 bits per heavy atom. The van der Waals surface area contributed by atoms with E-state index in [1.165, 1.54) is 13.1 Å². The summed E-state index contributed by atoms with van der Waals surface area (Å²) in [6.07, 6.45) is 1.66. The highest BCUT2D eigenvalue weighted by Crippen LogP contribution is 2.14. The lowest BCUT2D eigenvalue weighted by atomic mass is 9.73. The van der Waals surface area contributed by atoms with Crippen LogP contribution in [-0.4, -0.2) is 26.1 Å². The van der Waals surface area contributed by atoms with Gasteiger partial charge in [-0.05, 0) is 12.4 Å². The molecule has 1 aliphatic heterocycles. The second-order valence-corrected chi connectivity index (χ2v) is 2.31. The maximum atomic E-state index is 11.3. The van der Waals surface area contributed by atoms with Crippen molar-refractivity contribution in [2.75, 3.05) is 7.11 Å². The van der Waals surface area contributed by atoms with E-state index in [1.54, 1.807) is 20.3 Å². The van der Waals surface area contributed by atoms with Gasteiger partial charge in [0.2, 0.25) is 0 Å². The molecule has 0 bridgehead atoms. The standard InChI is InChI=1S/C8H8BO3/c1-3-6-7(10)5(4-9-6)8(11)12-2/h3-4H,1-2H3/b6-3-. The number of ketones is 1. The van der Waals surface area contributed by atoms with Crippen molar-refractivity contribution in [1.29, 1.82) is 0 Å². The van der Waals surface area contributed by atoms with Gasteiger partial charge in [-0.1, -0.05) is 12.1 Å². The molecular weight excluding hydrogens is 155 g/mol. The van der Waals surface area contributed by atoms with Crippen LogP contribution in [0.3, 0.4) is 0 Å². The van der Waals surface area contributed by atoms with Crippen molar-refractivity contribution < 1.29 is 14.3 Å². The van der Waals surface area contributed by atoms with E-state index in [-0.39, 0.29) is 11.4 Å². The van der Waals surface area contributed by atoms with Gasteiger partial charge in [-0.15, -0.1) is 0 Å². The second kappa shape index (κ2) is 3.39. The minimum atomic E-state index is -0.576. The Hall–Kier alpha value is -1.32. The fourth-order valence-corrected chi connectivity index (χ4v) is 0.978. The summed E-state index contributed by atoms with van der Waals surface area (Å²) in [5.74, 6) is 0.640. The summed E-state index contributed by atoms with van der Waals surface area (Å²) < 4.78 is 4.42. The topological polar surface area (TPSA) is 43.4 Å². The molecule has 0 spiro atoms. The highest BCUT2D eigenvalue weighted by molar-refractivity contribution is 6.67. The van der Waals surface area contributed by atoms with Crippen molar-refractivity contribution in [1.82, 2.24) is 0 Å². The lowest BCUT2D eigenvalue weighted by Gasteiger charge is -1.97. The van der Waals surface area contributed by atoms with E-state index in [0.29, 0.717) is 5.47 Å². The fraction of sp³-hybridized carbons (Fsp3) is 0.250. The smallest absolute Gasteiger partial charge is 0.340 e. The van der Waals surface area contributed by atoms with Crippen LogP contribution in [0.25, 0.3) is 0 Å². The predicted octanol–water partition coefficient (Wildman–Crippen LogP) is 0.234. The number of hydrogen-bond donors (Lipinski definition) is 0. The largest absolute Gasteiger partial charge is 0.465 e. The molecule has 4 heteroatoms. The fourth-order valence-electron chi connectivity index (χ4n) is 0.978. The predicted molar refractivity (Wildman–Crippen MR) is 44.6 cm³/mol. The van der Waals surface area contributed by atoms with Crippen molar-refractivity contribution in [2.45, 2.75) is 6.92 Å². The molecular formula is C8H8BO3. The third-order valence-electron chi connectivity index (χ3n) is 1.65. The first kappa shape index (κ1) is 8.78. The third-order valence-corrected chi connectivity index (χ3v) is 1.65. The van der Waals surface area contributed by atoms with Crippen LogP contribution in [0.1, 0.15) is 6.92 Å². The highest BCUT2D eigenvalue weighted by atomic mass is 16.5. The van der Waals surface area contributed by atoms with Gasteiger partial charge in [0.05, 0.1) is 12.7 Å². The van der Waals surface area contributed by atoms with Gasteiger partial charge in [0.25, 0.3) is 0 Å². The first-order valence-corrected chi connectivity index (χ1v) is 3.55. The first-order chi connectivity index (χ1) is 5.70. The van der Waals surface area contributed by atoms with Gasteiger partial charge in [0, 0.05) is 0 Å². The van der Waals surface area contributed by atoms with E-state index in [2.05, 4.69) is 4.74 Å². The Balaban J connectivity index is 2.85. The van der Waals surface area contributed by atoms with Gasteiger partial charge in [-0.2, -0.15) is 0 Å². The van der Waals surface area contributed by atoms with Gasteiger partial charge in [-0.25, -0.2) is 4.79 Å². The van der Waals surface area contributed by atoms with E-state index in [9.17, 15) is 9.59 Å². The molecule has 0 amide bonds. The zero-order chi connectivity index (χ0) is 9.14. The number of rotatable bonds is 1. The van der Waals surface area contributed by atoms with Gasteiger partial charge < -0.3 is 4.74 Å². The van der Waals surface area contributed by atoms with Crippen LogP contribution in [0.4, 0.5) is 0 Å². The molecule has 0 aromatic rings. The molecule has 0 saturated heterocycles. The zero-order valence-electron chi connectivity index (χ0n) is 6.96. The summed E-state index contributed by atoms with van der Waals surface area (Å²) in [5.41, 5.74) is 0.640. The average molecular weight is 163 g/mol. The Labute approximate surface area is 71.3 Å². The lowest BCUT2D eigenvalue weighted by molar-refractivity contribution is -0.137. The number of esters is 1. The van der Waals surface area contributed by atoms with E-state index < -0.39 is 5.97 Å². The molecule has 0 fully saturated rings. The number of carbonyl (C=O) groups is 2. The molecule has 61 valence electrons. The van der Waals surface area contributed by atoms with E-state index in [4.69, 9.17) is 0 Å². The molecule has 1 heterocycles. The Bertz CT molecular complexity index is 289. The summed E-state index contributed by atoms with van der Waals surface area (Å²) >= 11 is 0.